The van der Waals surface area contributed by atoms with Crippen LogP contribution in [0.2, 0.25) is 0 Å². The van der Waals surface area contributed by atoms with Gasteiger partial charge in [-0.3, -0.25) is 4.79 Å². The summed E-state index contributed by atoms with van der Waals surface area (Å²) in [7, 11) is 0. The highest BCUT2D eigenvalue weighted by atomic mass is 16.5. The van der Waals surface area contributed by atoms with Crippen molar-refractivity contribution in [1.82, 2.24) is 0 Å². The predicted molar refractivity (Wildman–Crippen MR) is 33.3 cm³/mol. The van der Waals surface area contributed by atoms with Crippen LogP contribution in [0.5, 0.6) is 0 Å². The number of hydrogen-bond donors (Lipinski definition) is 0. The summed E-state index contributed by atoms with van der Waals surface area (Å²) in [6, 6.07) is 0. The molecular weight excluding hydrogens is 116 g/mol. The van der Waals surface area contributed by atoms with Crippen LogP contribution in [-0.4, -0.2) is 12.1 Å². The first-order valence-electron chi connectivity index (χ1n) is 3.07. The van der Waals surface area contributed by atoms with Crippen LogP contribution in [-0.2, 0) is 9.53 Å². The van der Waals surface area contributed by atoms with Crippen molar-refractivity contribution in [3.05, 3.63) is 13.8 Å². The number of rotatable bonds is 2. The van der Waals surface area contributed by atoms with Crippen LogP contribution >= 0.6 is 0 Å². The topological polar surface area (TPSA) is 26.3 Å². The molecular formula is C7H10O2. The van der Waals surface area contributed by atoms with Gasteiger partial charge in [-0.1, -0.05) is 0 Å². The predicted octanol–water partition coefficient (Wildman–Crippen LogP) is 0.976. The summed E-state index contributed by atoms with van der Waals surface area (Å²) < 4.78 is 4.71. The molecule has 1 aliphatic rings. The molecule has 0 atom stereocenters. The average Bonchev–Trinajstić information content (AvgIpc) is 2.40. The molecule has 9 heavy (non-hydrogen) atoms. The lowest BCUT2D eigenvalue weighted by Gasteiger charge is -2.04. The Hall–Kier alpha value is -0.530. The first-order valence-corrected chi connectivity index (χ1v) is 3.07. The number of esters is 1. The Bertz CT molecular complexity index is 114. The van der Waals surface area contributed by atoms with E-state index in [2.05, 4.69) is 13.8 Å². The van der Waals surface area contributed by atoms with Crippen LogP contribution < -0.4 is 0 Å². The highest BCUT2D eigenvalue weighted by molar-refractivity contribution is 5.75. The van der Waals surface area contributed by atoms with Crippen molar-refractivity contribution in [2.45, 2.75) is 18.9 Å². The van der Waals surface area contributed by atoms with Gasteiger partial charge in [-0.25, -0.2) is 0 Å². The maximum Gasteiger partial charge on any atom is 0.309 e. The second kappa shape index (κ2) is 2.38. The van der Waals surface area contributed by atoms with Crippen molar-refractivity contribution in [1.29, 1.82) is 0 Å². The molecule has 0 aromatic rings. The SMILES string of the molecule is [CH2]C([CH2])OC(=O)C1CC1. The van der Waals surface area contributed by atoms with E-state index in [1.54, 1.807) is 0 Å². The second-order valence-corrected chi connectivity index (χ2v) is 2.33. The fourth-order valence-electron chi connectivity index (χ4n) is 0.580. The summed E-state index contributed by atoms with van der Waals surface area (Å²) in [4.78, 5) is 10.7. The van der Waals surface area contributed by atoms with Gasteiger partial charge >= 0.3 is 5.97 Å². The zero-order valence-electron chi connectivity index (χ0n) is 5.30. The van der Waals surface area contributed by atoms with E-state index in [0.717, 1.165) is 12.8 Å². The molecule has 1 aliphatic carbocycles. The molecule has 0 N–H and O–H groups in total. The maximum atomic E-state index is 10.7. The summed E-state index contributed by atoms with van der Waals surface area (Å²) >= 11 is 0. The van der Waals surface area contributed by atoms with Crippen molar-refractivity contribution in [3.63, 3.8) is 0 Å². The molecule has 0 aromatic heterocycles. The Balaban J connectivity index is 2.18. The van der Waals surface area contributed by atoms with Crippen molar-refractivity contribution >= 4 is 5.97 Å². The summed E-state index contributed by atoms with van der Waals surface area (Å²) in [5, 5.41) is 0. The van der Waals surface area contributed by atoms with Crippen LogP contribution in [0.25, 0.3) is 0 Å². The molecule has 0 aromatic carbocycles. The van der Waals surface area contributed by atoms with Gasteiger partial charge in [0.1, 0.15) is 6.10 Å². The minimum Gasteiger partial charge on any atom is -0.462 e. The second-order valence-electron chi connectivity index (χ2n) is 2.33. The van der Waals surface area contributed by atoms with Gasteiger partial charge in [0.05, 0.1) is 5.92 Å². The van der Waals surface area contributed by atoms with Gasteiger partial charge in [0.25, 0.3) is 0 Å². The third-order valence-corrected chi connectivity index (χ3v) is 1.19. The zero-order chi connectivity index (χ0) is 6.85. The molecule has 0 saturated heterocycles. The lowest BCUT2D eigenvalue weighted by atomic mass is 10.4. The van der Waals surface area contributed by atoms with E-state index in [4.69, 9.17) is 4.74 Å². The van der Waals surface area contributed by atoms with Crippen LogP contribution in [0.15, 0.2) is 0 Å². The highest BCUT2D eigenvalue weighted by Crippen LogP contribution is 2.30. The fraction of sp³-hybridized carbons (Fsp3) is 0.571. The molecule has 1 saturated carbocycles. The minimum atomic E-state index is -0.446. The molecule has 0 heterocycles. The summed E-state index contributed by atoms with van der Waals surface area (Å²) in [5.41, 5.74) is 0. The van der Waals surface area contributed by atoms with Crippen molar-refractivity contribution < 1.29 is 9.53 Å². The fourth-order valence-corrected chi connectivity index (χ4v) is 0.580. The largest absolute Gasteiger partial charge is 0.462 e. The molecule has 0 bridgehead atoms. The van der Waals surface area contributed by atoms with Gasteiger partial charge in [-0.05, 0) is 26.7 Å². The average molecular weight is 126 g/mol. The first kappa shape index (κ1) is 6.59. The molecule has 0 aliphatic heterocycles. The van der Waals surface area contributed by atoms with Crippen molar-refractivity contribution in [2.75, 3.05) is 0 Å². The van der Waals surface area contributed by atoms with E-state index < -0.39 is 6.10 Å². The van der Waals surface area contributed by atoms with Gasteiger partial charge in [0.2, 0.25) is 0 Å². The van der Waals surface area contributed by atoms with E-state index >= 15 is 0 Å². The maximum absolute atomic E-state index is 10.7. The number of hydrogen-bond acceptors (Lipinski definition) is 2. The summed E-state index contributed by atoms with van der Waals surface area (Å²) in [5.74, 6) is 0.0287. The standard InChI is InChI=1S/C7H10O2/c1-5(2)9-7(8)6-3-4-6/h5-6H,1-4H2. The molecule has 0 unspecified atom stereocenters. The number of ether oxygens (including phenoxy) is 1. The highest BCUT2D eigenvalue weighted by Gasteiger charge is 2.31. The van der Waals surface area contributed by atoms with E-state index in [9.17, 15) is 4.79 Å². The molecule has 2 radical (unpaired) electrons. The van der Waals surface area contributed by atoms with Crippen LogP contribution in [0, 0.1) is 19.8 Å². The Morgan fingerprint density at radius 3 is 2.44 bits per heavy atom. The number of carbonyl (C=O) groups excluding carboxylic acids is 1. The molecule has 1 rings (SSSR count). The van der Waals surface area contributed by atoms with Crippen LogP contribution in [0.3, 0.4) is 0 Å². The van der Waals surface area contributed by atoms with E-state index in [0.29, 0.717) is 0 Å². The molecule has 1 fully saturated rings. The van der Waals surface area contributed by atoms with E-state index in [1.165, 1.54) is 0 Å². The molecule has 0 spiro atoms. The minimum absolute atomic E-state index is 0.134. The van der Waals surface area contributed by atoms with Gasteiger partial charge in [0.15, 0.2) is 0 Å². The quantitative estimate of drug-likeness (QED) is 0.515. The Labute approximate surface area is 55.2 Å². The molecule has 50 valence electrons. The van der Waals surface area contributed by atoms with Crippen molar-refractivity contribution in [2.24, 2.45) is 5.92 Å². The normalized spacial score (nSPS) is 18.1. The zero-order valence-corrected chi connectivity index (χ0v) is 5.30. The van der Waals surface area contributed by atoms with Crippen molar-refractivity contribution in [3.8, 4) is 0 Å². The third kappa shape index (κ3) is 2.04. The molecule has 0 amide bonds. The lowest BCUT2D eigenvalue weighted by Crippen LogP contribution is -2.12. The van der Waals surface area contributed by atoms with Crippen LogP contribution in [0.1, 0.15) is 12.8 Å². The van der Waals surface area contributed by atoms with Gasteiger partial charge in [-0.15, -0.1) is 0 Å². The summed E-state index contributed by atoms with van der Waals surface area (Å²) in [6.07, 6.45) is 1.51. The van der Waals surface area contributed by atoms with Gasteiger partial charge in [0, 0.05) is 0 Å². The van der Waals surface area contributed by atoms with Gasteiger partial charge in [-0.2, -0.15) is 0 Å². The Morgan fingerprint density at radius 1 is 1.56 bits per heavy atom. The smallest absolute Gasteiger partial charge is 0.309 e. The van der Waals surface area contributed by atoms with Gasteiger partial charge < -0.3 is 4.74 Å². The number of carbonyl (C=O) groups is 1. The Kier molecular flexibility index (Phi) is 1.74. The van der Waals surface area contributed by atoms with E-state index in [1.807, 2.05) is 0 Å². The lowest BCUT2D eigenvalue weighted by molar-refractivity contribution is -0.146. The summed E-state index contributed by atoms with van der Waals surface area (Å²) in [6.45, 7) is 6.87. The monoisotopic (exact) mass is 126 g/mol. The third-order valence-electron chi connectivity index (χ3n) is 1.19. The first-order chi connectivity index (χ1) is 4.20. The van der Waals surface area contributed by atoms with E-state index in [-0.39, 0.29) is 11.9 Å². The van der Waals surface area contributed by atoms with Crippen LogP contribution in [0.4, 0.5) is 0 Å². The molecule has 2 heteroatoms. The Morgan fingerprint density at radius 2 is 2.11 bits per heavy atom. The molecule has 2 nitrogen and oxygen atoms in total.